The van der Waals surface area contributed by atoms with Crippen LogP contribution in [0.4, 0.5) is 0 Å². The first kappa shape index (κ1) is 15.5. The number of carbonyl (C=O) groups is 3. The highest BCUT2D eigenvalue weighted by Gasteiger charge is 2.20. The molecule has 1 heterocycles. The van der Waals surface area contributed by atoms with Gasteiger partial charge in [-0.15, -0.1) is 11.3 Å². The Bertz CT molecular complexity index is 567. The second-order valence-electron chi connectivity index (χ2n) is 5.26. The van der Waals surface area contributed by atoms with Crippen LogP contribution in [0, 0.1) is 5.92 Å². The lowest BCUT2D eigenvalue weighted by molar-refractivity contribution is -0.137. The van der Waals surface area contributed by atoms with Crippen LogP contribution in [0.1, 0.15) is 33.5 Å². The first-order valence-electron chi connectivity index (χ1n) is 6.84. The van der Waals surface area contributed by atoms with E-state index in [2.05, 4.69) is 17.6 Å². The van der Waals surface area contributed by atoms with Gasteiger partial charge in [0.25, 0.3) is 5.91 Å². The molecule has 0 aromatic carbocycles. The van der Waals surface area contributed by atoms with Crippen LogP contribution in [0.3, 0.4) is 0 Å². The van der Waals surface area contributed by atoms with Gasteiger partial charge in [0, 0.05) is 4.88 Å². The molecule has 7 heteroatoms. The lowest BCUT2D eigenvalue weighted by Crippen LogP contribution is -2.38. The summed E-state index contributed by atoms with van der Waals surface area (Å²) in [6, 6.07) is 1.90. The summed E-state index contributed by atoms with van der Waals surface area (Å²) in [5.41, 5.74) is 1.24. The number of carboxylic acid groups (broad SMARTS) is 1. The van der Waals surface area contributed by atoms with Gasteiger partial charge in [0.15, 0.2) is 0 Å². The van der Waals surface area contributed by atoms with E-state index in [-0.39, 0.29) is 12.5 Å². The Morgan fingerprint density at radius 2 is 2.10 bits per heavy atom. The van der Waals surface area contributed by atoms with E-state index in [1.807, 2.05) is 6.07 Å². The van der Waals surface area contributed by atoms with Gasteiger partial charge in [-0.3, -0.25) is 14.4 Å². The van der Waals surface area contributed by atoms with Gasteiger partial charge in [0.2, 0.25) is 5.91 Å². The zero-order chi connectivity index (χ0) is 15.4. The average Bonchev–Trinajstić information content (AvgIpc) is 2.85. The third kappa shape index (κ3) is 4.29. The molecule has 1 aliphatic carbocycles. The fraction of sp³-hybridized carbons (Fsp3) is 0.500. The minimum Gasteiger partial charge on any atom is -0.480 e. The van der Waals surface area contributed by atoms with Crippen LogP contribution >= 0.6 is 11.3 Å². The molecule has 0 aliphatic heterocycles. The fourth-order valence-electron chi connectivity index (χ4n) is 2.30. The summed E-state index contributed by atoms with van der Waals surface area (Å²) < 4.78 is 0. The van der Waals surface area contributed by atoms with Gasteiger partial charge in [-0.1, -0.05) is 6.92 Å². The van der Waals surface area contributed by atoms with Gasteiger partial charge < -0.3 is 15.7 Å². The number of hydrogen-bond acceptors (Lipinski definition) is 4. The summed E-state index contributed by atoms with van der Waals surface area (Å²) in [6.45, 7) is 1.54. The molecule has 0 saturated carbocycles. The normalized spacial score (nSPS) is 16.9. The first-order chi connectivity index (χ1) is 9.95. The van der Waals surface area contributed by atoms with Crippen molar-refractivity contribution in [3.8, 4) is 0 Å². The molecule has 2 amide bonds. The van der Waals surface area contributed by atoms with Crippen LogP contribution in [0.25, 0.3) is 0 Å². The first-order valence-corrected chi connectivity index (χ1v) is 7.65. The monoisotopic (exact) mass is 310 g/mol. The molecule has 0 saturated heterocycles. The van der Waals surface area contributed by atoms with E-state index in [0.717, 1.165) is 19.3 Å². The van der Waals surface area contributed by atoms with Crippen molar-refractivity contribution in [2.45, 2.75) is 26.2 Å². The Kier molecular flexibility index (Phi) is 4.95. The van der Waals surface area contributed by atoms with Crippen molar-refractivity contribution in [2.75, 3.05) is 13.1 Å². The predicted octanol–water partition coefficient (Wildman–Crippen LogP) is 0.803. The van der Waals surface area contributed by atoms with E-state index in [1.165, 1.54) is 21.8 Å². The van der Waals surface area contributed by atoms with Crippen molar-refractivity contribution in [1.82, 2.24) is 10.6 Å². The Hall–Kier alpha value is -1.89. The van der Waals surface area contributed by atoms with E-state index in [4.69, 9.17) is 5.11 Å². The predicted molar refractivity (Wildman–Crippen MR) is 78.5 cm³/mol. The SMILES string of the molecule is CC1CCc2sc(C(=O)NCC(=O)NCC(=O)O)cc2C1. The minimum absolute atomic E-state index is 0.217. The quantitative estimate of drug-likeness (QED) is 0.750. The molecule has 0 bridgehead atoms. The number of aryl methyl sites for hydroxylation is 1. The van der Waals surface area contributed by atoms with Crippen LogP contribution in [0.15, 0.2) is 6.07 Å². The largest absolute Gasteiger partial charge is 0.480 e. The van der Waals surface area contributed by atoms with Crippen LogP contribution < -0.4 is 10.6 Å². The molecule has 114 valence electrons. The summed E-state index contributed by atoms with van der Waals surface area (Å²) in [4.78, 5) is 35.5. The average molecular weight is 310 g/mol. The van der Waals surface area contributed by atoms with Crippen molar-refractivity contribution < 1.29 is 19.5 Å². The zero-order valence-corrected chi connectivity index (χ0v) is 12.6. The Labute approximate surface area is 126 Å². The Balaban J connectivity index is 1.86. The van der Waals surface area contributed by atoms with E-state index in [1.54, 1.807) is 0 Å². The summed E-state index contributed by atoms with van der Waals surface area (Å²) >= 11 is 1.48. The third-order valence-corrected chi connectivity index (χ3v) is 4.64. The lowest BCUT2D eigenvalue weighted by atomic mass is 9.90. The maximum absolute atomic E-state index is 12.0. The summed E-state index contributed by atoms with van der Waals surface area (Å²) in [6.07, 6.45) is 3.15. The molecular formula is C14H18N2O4S. The van der Waals surface area contributed by atoms with Gasteiger partial charge in [-0.25, -0.2) is 0 Å². The minimum atomic E-state index is -1.12. The molecule has 1 atom stereocenters. The van der Waals surface area contributed by atoms with Crippen molar-refractivity contribution in [2.24, 2.45) is 5.92 Å². The van der Waals surface area contributed by atoms with Crippen LogP contribution in [-0.4, -0.2) is 36.0 Å². The summed E-state index contributed by atoms with van der Waals surface area (Å²) in [5, 5.41) is 13.1. The fourth-order valence-corrected chi connectivity index (χ4v) is 3.43. The Morgan fingerprint density at radius 3 is 2.81 bits per heavy atom. The van der Waals surface area contributed by atoms with Crippen LogP contribution in [-0.2, 0) is 22.4 Å². The highest BCUT2D eigenvalue weighted by Crippen LogP contribution is 2.32. The topological polar surface area (TPSA) is 95.5 Å². The number of rotatable bonds is 5. The van der Waals surface area contributed by atoms with Crippen molar-refractivity contribution in [3.63, 3.8) is 0 Å². The van der Waals surface area contributed by atoms with E-state index < -0.39 is 18.4 Å². The lowest BCUT2D eigenvalue weighted by Gasteiger charge is -2.16. The molecule has 2 rings (SSSR count). The maximum atomic E-state index is 12.0. The zero-order valence-electron chi connectivity index (χ0n) is 11.8. The van der Waals surface area contributed by atoms with E-state index in [0.29, 0.717) is 10.8 Å². The van der Waals surface area contributed by atoms with Crippen LogP contribution in [0.2, 0.25) is 0 Å². The maximum Gasteiger partial charge on any atom is 0.322 e. The molecular weight excluding hydrogens is 292 g/mol. The summed E-state index contributed by atoms with van der Waals surface area (Å²) in [5.74, 6) is -1.27. The number of carbonyl (C=O) groups excluding carboxylic acids is 2. The highest BCUT2D eigenvalue weighted by atomic mass is 32.1. The third-order valence-electron chi connectivity index (χ3n) is 3.40. The number of nitrogens with one attached hydrogen (secondary N) is 2. The molecule has 1 aliphatic rings. The molecule has 6 nitrogen and oxygen atoms in total. The molecule has 21 heavy (non-hydrogen) atoms. The standard InChI is InChI=1S/C14H18N2O4S/c1-8-2-3-10-9(4-8)5-11(21-10)14(20)16-6-12(17)15-7-13(18)19/h5,8H,2-4,6-7H2,1H3,(H,15,17)(H,16,20)(H,18,19). The van der Waals surface area contributed by atoms with Gasteiger partial charge in [-0.2, -0.15) is 0 Å². The number of thiophene rings is 1. The van der Waals surface area contributed by atoms with Crippen molar-refractivity contribution >= 4 is 29.1 Å². The van der Waals surface area contributed by atoms with Crippen LogP contribution in [0.5, 0.6) is 0 Å². The second-order valence-corrected chi connectivity index (χ2v) is 6.40. The van der Waals surface area contributed by atoms with Crippen molar-refractivity contribution in [1.29, 1.82) is 0 Å². The molecule has 0 spiro atoms. The molecule has 3 N–H and O–H groups in total. The number of aliphatic carboxylic acids is 1. The summed E-state index contributed by atoms with van der Waals surface area (Å²) in [7, 11) is 0. The van der Waals surface area contributed by atoms with Gasteiger partial charge in [0.05, 0.1) is 11.4 Å². The van der Waals surface area contributed by atoms with E-state index in [9.17, 15) is 14.4 Å². The molecule has 1 aromatic rings. The number of hydrogen-bond donors (Lipinski definition) is 3. The second kappa shape index (κ2) is 6.71. The molecule has 0 fully saturated rings. The van der Waals surface area contributed by atoms with Gasteiger partial charge in [-0.05, 0) is 36.8 Å². The van der Waals surface area contributed by atoms with E-state index >= 15 is 0 Å². The van der Waals surface area contributed by atoms with Gasteiger partial charge in [0.1, 0.15) is 6.54 Å². The highest BCUT2D eigenvalue weighted by molar-refractivity contribution is 7.14. The Morgan fingerprint density at radius 1 is 1.33 bits per heavy atom. The molecule has 1 aromatic heterocycles. The number of amides is 2. The molecule has 0 radical (unpaired) electrons. The number of carboxylic acids is 1. The molecule has 1 unspecified atom stereocenters. The number of fused-ring (bicyclic) bond motifs is 1. The van der Waals surface area contributed by atoms with Crippen molar-refractivity contribution in [3.05, 3.63) is 21.4 Å². The smallest absolute Gasteiger partial charge is 0.322 e. The van der Waals surface area contributed by atoms with Gasteiger partial charge >= 0.3 is 5.97 Å².